The molecule has 0 aliphatic carbocycles. The predicted octanol–water partition coefficient (Wildman–Crippen LogP) is 1.76. The van der Waals surface area contributed by atoms with Gasteiger partial charge in [0.2, 0.25) is 0 Å². The summed E-state index contributed by atoms with van der Waals surface area (Å²) in [5.74, 6) is 0.0454. The standard InChI is InChI=1S/C10H12N2O2/c1-2-14-10(13)12-9(11)8-6-4-3-5-7-8/h3-7H,2H2,1H3,(H2,11,12,13). The molecule has 0 saturated carbocycles. The van der Waals surface area contributed by atoms with Crippen molar-refractivity contribution in [2.45, 2.75) is 6.92 Å². The van der Waals surface area contributed by atoms with Crippen LogP contribution in [0.15, 0.2) is 30.3 Å². The minimum atomic E-state index is -0.596. The zero-order chi connectivity index (χ0) is 10.4. The molecule has 0 aromatic heterocycles. The van der Waals surface area contributed by atoms with Gasteiger partial charge in [-0.25, -0.2) is 4.79 Å². The first-order valence-electron chi connectivity index (χ1n) is 4.31. The van der Waals surface area contributed by atoms with Crippen LogP contribution >= 0.6 is 0 Å². The highest BCUT2D eigenvalue weighted by Crippen LogP contribution is 1.97. The molecule has 0 spiro atoms. The van der Waals surface area contributed by atoms with Gasteiger partial charge >= 0.3 is 6.09 Å². The average Bonchev–Trinajstić information content (AvgIpc) is 2.19. The minimum Gasteiger partial charge on any atom is -0.450 e. The molecule has 0 bridgehead atoms. The number of hydrogen-bond acceptors (Lipinski definition) is 3. The average molecular weight is 192 g/mol. The van der Waals surface area contributed by atoms with Gasteiger partial charge < -0.3 is 4.74 Å². The number of amides is 1. The largest absolute Gasteiger partial charge is 0.450 e. The third-order valence-electron chi connectivity index (χ3n) is 1.56. The van der Waals surface area contributed by atoms with E-state index >= 15 is 0 Å². The van der Waals surface area contributed by atoms with Crippen LogP contribution in [-0.4, -0.2) is 18.5 Å². The molecule has 0 aliphatic rings. The summed E-state index contributed by atoms with van der Waals surface area (Å²) in [7, 11) is 0. The SMILES string of the molecule is CCOC(=O)NC(=N)c1ccccc1. The third kappa shape index (κ3) is 2.90. The number of hydrogen-bond donors (Lipinski definition) is 2. The van der Waals surface area contributed by atoms with E-state index in [-0.39, 0.29) is 5.84 Å². The Bertz CT molecular complexity index is 322. The van der Waals surface area contributed by atoms with E-state index in [0.29, 0.717) is 12.2 Å². The number of carbonyl (C=O) groups is 1. The maximum Gasteiger partial charge on any atom is 0.412 e. The second kappa shape index (κ2) is 5.01. The number of rotatable bonds is 2. The number of alkyl carbamates (subject to hydrolysis) is 1. The molecule has 14 heavy (non-hydrogen) atoms. The van der Waals surface area contributed by atoms with Crippen LogP contribution in [0.3, 0.4) is 0 Å². The summed E-state index contributed by atoms with van der Waals surface area (Å²) in [6.45, 7) is 2.01. The van der Waals surface area contributed by atoms with Crippen LogP contribution in [0.1, 0.15) is 12.5 Å². The van der Waals surface area contributed by atoms with E-state index in [9.17, 15) is 4.79 Å². The van der Waals surface area contributed by atoms with E-state index < -0.39 is 6.09 Å². The van der Waals surface area contributed by atoms with Gasteiger partial charge in [0.1, 0.15) is 5.84 Å². The maximum absolute atomic E-state index is 11.0. The Morgan fingerprint density at radius 3 is 2.64 bits per heavy atom. The number of amidine groups is 1. The summed E-state index contributed by atoms with van der Waals surface area (Å²) in [6, 6.07) is 8.94. The molecule has 0 fully saturated rings. The molecule has 2 N–H and O–H groups in total. The molecule has 0 radical (unpaired) electrons. The normalized spacial score (nSPS) is 9.21. The van der Waals surface area contributed by atoms with Gasteiger partial charge in [-0.3, -0.25) is 10.7 Å². The molecule has 0 unspecified atom stereocenters. The highest BCUT2D eigenvalue weighted by atomic mass is 16.5. The Hall–Kier alpha value is -1.84. The minimum absolute atomic E-state index is 0.0454. The summed E-state index contributed by atoms with van der Waals surface area (Å²) in [5.41, 5.74) is 0.653. The van der Waals surface area contributed by atoms with Crippen LogP contribution in [0.5, 0.6) is 0 Å². The van der Waals surface area contributed by atoms with E-state index in [1.54, 1.807) is 31.2 Å². The van der Waals surface area contributed by atoms with Crippen molar-refractivity contribution in [3.8, 4) is 0 Å². The highest BCUT2D eigenvalue weighted by molar-refractivity contribution is 6.04. The van der Waals surface area contributed by atoms with Crippen molar-refractivity contribution in [2.75, 3.05) is 6.61 Å². The molecule has 1 aromatic carbocycles. The molecular weight excluding hydrogens is 180 g/mol. The number of benzene rings is 1. The Balaban J connectivity index is 2.55. The molecule has 1 amide bonds. The molecule has 0 heterocycles. The summed E-state index contributed by atoms with van der Waals surface area (Å²) < 4.78 is 4.64. The molecule has 1 rings (SSSR count). The fraction of sp³-hybridized carbons (Fsp3) is 0.200. The van der Waals surface area contributed by atoms with Crippen LogP contribution in [0, 0.1) is 5.41 Å². The van der Waals surface area contributed by atoms with Crippen molar-refractivity contribution in [1.29, 1.82) is 5.41 Å². The molecule has 4 heteroatoms. The van der Waals surface area contributed by atoms with Crippen molar-refractivity contribution in [2.24, 2.45) is 0 Å². The number of ether oxygens (including phenoxy) is 1. The fourth-order valence-corrected chi connectivity index (χ4v) is 0.946. The van der Waals surface area contributed by atoms with Gasteiger partial charge in [0, 0.05) is 5.56 Å². The molecule has 0 aliphatic heterocycles. The van der Waals surface area contributed by atoms with E-state index in [0.717, 1.165) is 0 Å². The Morgan fingerprint density at radius 2 is 2.07 bits per heavy atom. The fourth-order valence-electron chi connectivity index (χ4n) is 0.946. The zero-order valence-electron chi connectivity index (χ0n) is 7.91. The second-order valence-corrected chi connectivity index (χ2v) is 2.59. The van der Waals surface area contributed by atoms with Crippen molar-refractivity contribution in [3.05, 3.63) is 35.9 Å². The molecule has 4 nitrogen and oxygen atoms in total. The first kappa shape index (κ1) is 10.2. The maximum atomic E-state index is 11.0. The van der Waals surface area contributed by atoms with Gasteiger partial charge in [-0.2, -0.15) is 0 Å². The molecule has 1 aromatic rings. The summed E-state index contributed by atoms with van der Waals surface area (Å²) in [5, 5.41) is 9.85. The second-order valence-electron chi connectivity index (χ2n) is 2.59. The smallest absolute Gasteiger partial charge is 0.412 e. The molecule has 0 saturated heterocycles. The van der Waals surface area contributed by atoms with Crippen LogP contribution in [0.2, 0.25) is 0 Å². The lowest BCUT2D eigenvalue weighted by Crippen LogP contribution is -2.30. The summed E-state index contributed by atoms with van der Waals surface area (Å²) in [4.78, 5) is 11.0. The van der Waals surface area contributed by atoms with Crippen LogP contribution in [-0.2, 0) is 4.74 Å². The van der Waals surface area contributed by atoms with Gasteiger partial charge in [0.05, 0.1) is 6.61 Å². The van der Waals surface area contributed by atoms with Crippen molar-refractivity contribution in [1.82, 2.24) is 5.32 Å². The predicted molar refractivity (Wildman–Crippen MR) is 53.4 cm³/mol. The Labute approximate surface area is 82.4 Å². The Morgan fingerprint density at radius 1 is 1.43 bits per heavy atom. The third-order valence-corrected chi connectivity index (χ3v) is 1.56. The van der Waals surface area contributed by atoms with Gasteiger partial charge in [-0.05, 0) is 6.92 Å². The van der Waals surface area contributed by atoms with Crippen molar-refractivity contribution >= 4 is 11.9 Å². The van der Waals surface area contributed by atoms with E-state index in [4.69, 9.17) is 5.41 Å². The lowest BCUT2D eigenvalue weighted by molar-refractivity contribution is 0.158. The van der Waals surface area contributed by atoms with Gasteiger partial charge in [-0.1, -0.05) is 30.3 Å². The van der Waals surface area contributed by atoms with E-state index in [1.807, 2.05) is 6.07 Å². The van der Waals surface area contributed by atoms with E-state index in [2.05, 4.69) is 10.1 Å². The summed E-state index contributed by atoms with van der Waals surface area (Å²) in [6.07, 6.45) is -0.596. The summed E-state index contributed by atoms with van der Waals surface area (Å²) >= 11 is 0. The van der Waals surface area contributed by atoms with Gasteiger partial charge in [0.15, 0.2) is 0 Å². The van der Waals surface area contributed by atoms with Crippen molar-refractivity contribution < 1.29 is 9.53 Å². The number of carbonyl (C=O) groups excluding carboxylic acids is 1. The lowest BCUT2D eigenvalue weighted by atomic mass is 10.2. The monoisotopic (exact) mass is 192 g/mol. The topological polar surface area (TPSA) is 62.2 Å². The van der Waals surface area contributed by atoms with E-state index in [1.165, 1.54) is 0 Å². The molecular formula is C10H12N2O2. The lowest BCUT2D eigenvalue weighted by Gasteiger charge is -2.05. The van der Waals surface area contributed by atoms with Gasteiger partial charge in [0.25, 0.3) is 0 Å². The highest BCUT2D eigenvalue weighted by Gasteiger charge is 2.05. The van der Waals surface area contributed by atoms with Gasteiger partial charge in [-0.15, -0.1) is 0 Å². The Kier molecular flexibility index (Phi) is 3.67. The quantitative estimate of drug-likeness (QED) is 0.554. The first-order valence-corrected chi connectivity index (χ1v) is 4.31. The first-order chi connectivity index (χ1) is 6.74. The molecule has 74 valence electrons. The molecule has 0 atom stereocenters. The van der Waals surface area contributed by atoms with Crippen LogP contribution in [0.25, 0.3) is 0 Å². The van der Waals surface area contributed by atoms with Crippen molar-refractivity contribution in [3.63, 3.8) is 0 Å². The van der Waals surface area contributed by atoms with Crippen LogP contribution in [0.4, 0.5) is 4.79 Å². The number of nitrogens with one attached hydrogen (secondary N) is 2. The zero-order valence-corrected chi connectivity index (χ0v) is 7.91. The van der Waals surface area contributed by atoms with Crippen LogP contribution < -0.4 is 5.32 Å².